The highest BCUT2D eigenvalue weighted by Crippen LogP contribution is 2.76. The van der Waals surface area contributed by atoms with Crippen molar-refractivity contribution in [1.82, 2.24) is 0 Å². The van der Waals surface area contributed by atoms with Gasteiger partial charge in [-0.2, -0.15) is 0 Å². The van der Waals surface area contributed by atoms with Crippen LogP contribution in [-0.2, 0) is 99.6 Å². The van der Waals surface area contributed by atoms with Crippen LogP contribution in [0.3, 0.4) is 0 Å². The standard InChI is InChI=1S/C95H152O44/c1-16-90(11,121)26-18-20-40(4)78(119)133-72-41(5)126-84(70(116)65(72)111)139-91(12,17-2)27-19-21-39(3)77(118)131-55-32-95(87(120)138-86-76(64(110)59(105)48(34-97)129-86)137-83-71(117)74(135-82-69(115)62(108)58(104)47(33-96)127-82)73(42(6)125-83)134-81-67(113)60(106)49(35-98)128-81)44(30-88(55,7)8)43-22-23-52-92(13)28-25-54(89(9,10)51(92)24-29-93(52,14)94(43,15)31-53(95)101)132-80-68(114)63(109)61(107)50(130-80)38-124-85-75(57(103)46(100)37-123-85)136-79-66(112)56(102)45(99)36-122-79/h16-17,20,22,39,41-42,44-76,79-86,96-117,121H,1-2,18-19,21,23-38H2,3-15H3/b40-20+/t39-,41+,42-,44-,45+,46-,47+,48+,49-,50+,51-,52+,53+,54-,55-,56-,57-,58+,59+,60-,61+,62-,63-,64-,65+,66+,67+,68+,69+,70+,71+,72+,73-,74-,75+,76+,79-,80-,81-,82-,83-,84-,85-,86-,90-,91+,92-,93+,94+,95+/m0/s1. The Morgan fingerprint density at radius 2 is 1.01 bits per heavy atom. The summed E-state index contributed by atoms with van der Waals surface area (Å²) in [5.74, 6) is -4.89. The Bertz CT molecular complexity index is 4200. The first-order valence-electron chi connectivity index (χ1n) is 48.6. The van der Waals surface area contributed by atoms with Gasteiger partial charge in [-0.05, 0) is 151 Å². The maximum atomic E-state index is 16.8. The highest BCUT2D eigenvalue weighted by molar-refractivity contribution is 5.88. The van der Waals surface area contributed by atoms with Crippen molar-refractivity contribution in [2.45, 2.75) is 430 Å². The summed E-state index contributed by atoms with van der Waals surface area (Å²) in [4.78, 5) is 45.1. The number of aliphatic hydroxyl groups excluding tert-OH is 22. The molecular weight excluding hydrogens is 1850 g/mol. The van der Waals surface area contributed by atoms with Crippen molar-refractivity contribution in [1.29, 1.82) is 0 Å². The number of fused-ring (bicyclic) bond motifs is 7. The van der Waals surface area contributed by atoms with Crippen LogP contribution in [0.25, 0.3) is 0 Å². The lowest BCUT2D eigenvalue weighted by atomic mass is 9.33. The molecule has 44 heteroatoms. The molecule has 0 radical (unpaired) electrons. The third-order valence-electron chi connectivity index (χ3n) is 33.4. The van der Waals surface area contributed by atoms with Gasteiger partial charge in [0.25, 0.3) is 0 Å². The number of carbonyl (C=O) groups excluding carboxylic acids is 3. The van der Waals surface area contributed by atoms with Gasteiger partial charge in [-0.15, -0.1) is 13.2 Å². The number of allylic oxidation sites excluding steroid dienone is 3. The molecule has 13 aliphatic rings. The van der Waals surface area contributed by atoms with E-state index in [0.717, 1.165) is 5.57 Å². The molecule has 0 aromatic rings. The minimum absolute atomic E-state index is 0.0232. The van der Waals surface area contributed by atoms with Gasteiger partial charge in [0.05, 0.1) is 81.2 Å². The summed E-state index contributed by atoms with van der Waals surface area (Å²) in [7, 11) is 0. The van der Waals surface area contributed by atoms with Crippen molar-refractivity contribution in [2.75, 3.05) is 39.6 Å². The molecule has 50 atom stereocenters. The van der Waals surface area contributed by atoms with E-state index in [9.17, 15) is 122 Å². The zero-order valence-electron chi connectivity index (χ0n) is 80.9. The summed E-state index contributed by atoms with van der Waals surface area (Å²) in [6.07, 6.45) is -59.2. The normalized spacial score (nSPS) is 48.8. The molecule has 12 fully saturated rings. The molecule has 0 aromatic carbocycles. The fraction of sp³-hybridized carbons (Fsp3) is 0.884. The molecule has 0 unspecified atom stereocenters. The smallest absolute Gasteiger partial charge is 0.333 e. The van der Waals surface area contributed by atoms with Gasteiger partial charge in [0.2, 0.25) is 6.29 Å². The molecule has 796 valence electrons. The van der Waals surface area contributed by atoms with Crippen molar-refractivity contribution in [2.24, 2.45) is 56.2 Å². The first-order valence-corrected chi connectivity index (χ1v) is 48.6. The van der Waals surface area contributed by atoms with E-state index in [1.165, 1.54) is 32.9 Å². The van der Waals surface area contributed by atoms with Crippen molar-refractivity contribution < 1.29 is 217 Å². The summed E-state index contributed by atoms with van der Waals surface area (Å²) in [5.41, 5.74) is -7.69. The first-order chi connectivity index (χ1) is 65.1. The Morgan fingerprint density at radius 3 is 1.63 bits per heavy atom. The van der Waals surface area contributed by atoms with E-state index in [0.29, 0.717) is 38.5 Å². The maximum absolute atomic E-state index is 16.8. The lowest BCUT2D eigenvalue weighted by Crippen LogP contribution is -2.70. The molecule has 8 heterocycles. The van der Waals surface area contributed by atoms with E-state index in [1.807, 2.05) is 13.8 Å². The summed E-state index contributed by atoms with van der Waals surface area (Å²) in [5, 5.41) is 257. The van der Waals surface area contributed by atoms with Crippen LogP contribution in [0, 0.1) is 56.2 Å². The van der Waals surface area contributed by atoms with Crippen molar-refractivity contribution in [3.8, 4) is 0 Å². The Morgan fingerprint density at radius 1 is 0.504 bits per heavy atom. The van der Waals surface area contributed by atoms with Crippen LogP contribution in [0.2, 0.25) is 0 Å². The van der Waals surface area contributed by atoms with Crippen LogP contribution in [0.4, 0.5) is 0 Å². The third kappa shape index (κ3) is 21.8. The second-order valence-corrected chi connectivity index (χ2v) is 43.4. The van der Waals surface area contributed by atoms with Crippen molar-refractivity contribution in [3.63, 3.8) is 0 Å². The van der Waals surface area contributed by atoms with Gasteiger partial charge < -0.3 is 203 Å². The zero-order valence-corrected chi connectivity index (χ0v) is 80.9. The molecule has 5 aliphatic carbocycles. The fourth-order valence-electron chi connectivity index (χ4n) is 24.2. The summed E-state index contributed by atoms with van der Waals surface area (Å²) in [6, 6.07) is 0. The third-order valence-corrected chi connectivity index (χ3v) is 33.4. The second-order valence-electron chi connectivity index (χ2n) is 43.4. The minimum atomic E-state index is -2.26. The van der Waals surface area contributed by atoms with Gasteiger partial charge in [-0.1, -0.05) is 85.3 Å². The number of hydrogen-bond acceptors (Lipinski definition) is 44. The van der Waals surface area contributed by atoms with Gasteiger partial charge in [-0.3, -0.25) is 9.59 Å². The molecule has 13 rings (SSSR count). The topological polar surface area (TPSA) is 683 Å². The molecule has 0 spiro atoms. The second kappa shape index (κ2) is 43.9. The summed E-state index contributed by atoms with van der Waals surface area (Å²) < 4.78 is 110. The van der Waals surface area contributed by atoms with E-state index in [-0.39, 0.29) is 55.9 Å². The number of aliphatic hydroxyl groups is 23. The predicted octanol–water partition coefficient (Wildman–Crippen LogP) is -4.32. The molecule has 8 saturated heterocycles. The van der Waals surface area contributed by atoms with Gasteiger partial charge in [-0.25, -0.2) is 4.79 Å². The van der Waals surface area contributed by atoms with Gasteiger partial charge in [0, 0.05) is 17.4 Å². The van der Waals surface area contributed by atoms with Crippen LogP contribution in [0.1, 0.15) is 173 Å². The number of hydrogen-bond donors (Lipinski definition) is 23. The largest absolute Gasteiger partial charge is 0.462 e. The van der Waals surface area contributed by atoms with Crippen LogP contribution >= 0.6 is 0 Å². The molecule has 0 bridgehead atoms. The minimum Gasteiger partial charge on any atom is -0.462 e. The highest BCUT2D eigenvalue weighted by atomic mass is 16.8. The molecule has 0 aromatic heterocycles. The van der Waals surface area contributed by atoms with Gasteiger partial charge >= 0.3 is 17.9 Å². The fourth-order valence-corrected chi connectivity index (χ4v) is 24.2. The molecule has 8 aliphatic heterocycles. The summed E-state index contributed by atoms with van der Waals surface area (Å²) >= 11 is 0. The average Bonchev–Trinajstić information content (AvgIpc) is 0.921. The van der Waals surface area contributed by atoms with Crippen LogP contribution < -0.4 is 0 Å². The van der Waals surface area contributed by atoms with Crippen LogP contribution in [0.15, 0.2) is 48.6 Å². The Balaban J connectivity index is 0.763. The quantitative estimate of drug-likeness (QED) is 0.00971. The van der Waals surface area contributed by atoms with E-state index in [2.05, 4.69) is 53.9 Å². The predicted molar refractivity (Wildman–Crippen MR) is 471 cm³/mol. The van der Waals surface area contributed by atoms with E-state index < -0.39 is 365 Å². The van der Waals surface area contributed by atoms with Crippen molar-refractivity contribution >= 4 is 17.9 Å². The number of esters is 3. The number of carbonyl (C=O) groups is 3. The van der Waals surface area contributed by atoms with Gasteiger partial charge in [0.15, 0.2) is 56.2 Å². The number of ether oxygens (including phenoxy) is 18. The Kier molecular flexibility index (Phi) is 35.4. The lowest BCUT2D eigenvalue weighted by molar-refractivity contribution is -0.390. The molecule has 0 amide bonds. The average molecular weight is 2000 g/mol. The molecule has 4 saturated carbocycles. The SMILES string of the molecule is C=C[C@](C)(O)CC/C=C(\C)C(=O)O[C@H]1[C@H](O)[C@@H](O)[C@H](O[C@](C)(C=C)CCC[C@H](C)C(=O)O[C@H]2C[C@]3(C(=O)O[C@@H]4O[C@H](CO)[C@@H](O)[C@H](O)[C@H]4O[C@@H]4O[C@@H](C)[C@H](O[C@@H]5O[C@@H](CO)[C@H](O)[C@H]5O)[C@@H](O[C@@H]5O[C@H](CO)[C@@H](O)[C@H](O)[C@H]5O)[C@H]4O)[C@H](O)C[C@]4(C)C(=CC[C@@H]5[C@@]6(C)CC[C@H](O[C@@H]7O[C@H](CO[C@@H]8OC[C@H](O)[C@H](O)[C@H]8O[C@@H]8OC[C@@H](O)[C@H](O)[C@H]8O)[C@@H](O)[C@H](O)[C@H]7O)C(C)(C)[C@@H]6CC[C@]54C)[C@@H]3CC2(C)C)O[C@@H]1C. The van der Waals surface area contributed by atoms with E-state index >= 15 is 9.59 Å². The first kappa shape index (κ1) is 112. The Labute approximate surface area is 806 Å². The van der Waals surface area contributed by atoms with Crippen molar-refractivity contribution in [3.05, 3.63) is 48.6 Å². The lowest BCUT2D eigenvalue weighted by Gasteiger charge is -2.72. The molecule has 44 nitrogen and oxygen atoms in total. The maximum Gasteiger partial charge on any atom is 0.333 e. The number of rotatable bonds is 33. The van der Waals surface area contributed by atoms with Gasteiger partial charge in [0.1, 0.15) is 164 Å². The monoisotopic (exact) mass is 2000 g/mol. The highest BCUT2D eigenvalue weighted by Gasteiger charge is 2.74. The van der Waals surface area contributed by atoms with E-state index in [1.54, 1.807) is 26.8 Å². The Hall–Kier alpha value is -4.15. The van der Waals surface area contributed by atoms with Crippen LogP contribution in [0.5, 0.6) is 0 Å². The van der Waals surface area contributed by atoms with E-state index in [4.69, 9.17) is 85.3 Å². The molecule has 23 N–H and O–H groups in total. The zero-order chi connectivity index (χ0) is 102. The summed E-state index contributed by atoms with van der Waals surface area (Å²) in [6.45, 7) is 26.9. The molecule has 139 heavy (non-hydrogen) atoms. The van der Waals surface area contributed by atoms with Crippen LogP contribution in [-0.4, -0.2) is 432 Å². The molecular formula is C95H152O44.